The van der Waals surface area contributed by atoms with E-state index < -0.39 is 49.2 Å². The molecule has 39 heavy (non-hydrogen) atoms. The monoisotopic (exact) mass is 564 g/mol. The second-order valence-corrected chi connectivity index (χ2v) is 16.4. The molecule has 0 bridgehead atoms. The van der Waals surface area contributed by atoms with Crippen molar-refractivity contribution >= 4 is 30.9 Å². The highest BCUT2D eigenvalue weighted by molar-refractivity contribution is 6.74. The van der Waals surface area contributed by atoms with Crippen LogP contribution in [0.5, 0.6) is 0 Å². The zero-order valence-electron chi connectivity index (χ0n) is 22.9. The molecule has 7 nitrogen and oxygen atoms in total. The second kappa shape index (κ2) is 9.81. The predicted octanol–water partition coefficient (Wildman–Crippen LogP) is 6.23. The quantitative estimate of drug-likeness (QED) is 0.284. The van der Waals surface area contributed by atoms with Crippen LogP contribution >= 0.6 is 0 Å². The summed E-state index contributed by atoms with van der Waals surface area (Å²) in [4.78, 5) is 33.7. The van der Waals surface area contributed by atoms with Gasteiger partial charge in [0.1, 0.15) is 12.0 Å². The van der Waals surface area contributed by atoms with Crippen LogP contribution in [0, 0.1) is 12.8 Å². The Morgan fingerprint density at radius 3 is 2.31 bits per heavy atom. The third-order valence-electron chi connectivity index (χ3n) is 7.62. The predicted molar refractivity (Wildman–Crippen MR) is 144 cm³/mol. The summed E-state index contributed by atoms with van der Waals surface area (Å²) in [6.07, 6.45) is -5.08. The number of hydrogen-bond acceptors (Lipinski definition) is 5. The Hall–Kier alpha value is -3.12. The first kappa shape index (κ1) is 28.9. The molecule has 0 radical (unpaired) electrons. The number of carbonyl (C=O) groups excluding carboxylic acids is 1. The summed E-state index contributed by atoms with van der Waals surface area (Å²) in [5, 5.41) is 2.70. The third-order valence-corrected chi connectivity index (χ3v) is 12.1. The highest BCUT2D eigenvalue weighted by Crippen LogP contribution is 2.44. The van der Waals surface area contributed by atoms with Crippen molar-refractivity contribution in [3.8, 4) is 11.1 Å². The topological polar surface area (TPSA) is 86.1 Å². The van der Waals surface area contributed by atoms with Crippen LogP contribution in [0.15, 0.2) is 35.4 Å². The molecule has 1 N–H and O–H groups in total. The SMILES string of the molecule is Cc1cc(C(O[Si](C)(C)C(C)(C)C)C(F)(F)F)ncc1-c1cc2cnc(NC(=O)C3CC3F)cc2n(C)c1=O. The van der Waals surface area contributed by atoms with Crippen molar-refractivity contribution in [2.45, 2.75) is 70.7 Å². The number of carbonyl (C=O) groups is 1. The highest BCUT2D eigenvalue weighted by atomic mass is 28.4. The molecule has 0 saturated heterocycles. The van der Waals surface area contributed by atoms with Crippen LogP contribution in [0.3, 0.4) is 0 Å². The number of halogens is 4. The van der Waals surface area contributed by atoms with Gasteiger partial charge in [-0.25, -0.2) is 9.37 Å². The van der Waals surface area contributed by atoms with Crippen LogP contribution in [0.4, 0.5) is 23.4 Å². The van der Waals surface area contributed by atoms with Gasteiger partial charge in [0.15, 0.2) is 14.4 Å². The fourth-order valence-corrected chi connectivity index (χ4v) is 5.25. The first-order valence-corrected chi connectivity index (χ1v) is 15.5. The Morgan fingerprint density at radius 1 is 1.13 bits per heavy atom. The fourth-order valence-electron chi connectivity index (χ4n) is 4.05. The standard InChI is InChI=1S/C27H32F4N4O3Si/c1-14-8-20(23(27(29,30)31)38-39(6,7)26(2,3)4)32-13-18(14)16-9-15-12-33-22(11-21(15)35(5)25(16)37)34-24(36)17-10-19(17)28/h8-9,11-13,17,19,23H,10H2,1-7H3,(H,33,34,36). The summed E-state index contributed by atoms with van der Waals surface area (Å²) in [6, 6.07) is 4.43. The van der Waals surface area contributed by atoms with E-state index in [0.29, 0.717) is 22.0 Å². The van der Waals surface area contributed by atoms with Crippen LogP contribution in [0.25, 0.3) is 22.0 Å². The van der Waals surface area contributed by atoms with Crippen molar-refractivity contribution in [3.63, 3.8) is 0 Å². The first-order valence-electron chi connectivity index (χ1n) is 12.6. The van der Waals surface area contributed by atoms with Gasteiger partial charge < -0.3 is 14.3 Å². The molecular weight excluding hydrogens is 532 g/mol. The number of aromatic nitrogens is 3. The molecular formula is C27H32F4N4O3Si. The lowest BCUT2D eigenvalue weighted by atomic mass is 10.0. The van der Waals surface area contributed by atoms with Gasteiger partial charge in [0, 0.05) is 42.0 Å². The number of alkyl halides is 4. The van der Waals surface area contributed by atoms with Crippen molar-refractivity contribution in [1.29, 1.82) is 0 Å². The number of rotatable bonds is 6. The molecule has 210 valence electrons. The van der Waals surface area contributed by atoms with Crippen molar-refractivity contribution in [2.75, 3.05) is 5.32 Å². The molecule has 1 amide bonds. The number of anilines is 1. The number of nitrogens with one attached hydrogen (secondary N) is 1. The molecule has 3 aromatic heterocycles. The third kappa shape index (κ3) is 5.76. The minimum absolute atomic E-state index is 0.180. The lowest BCUT2D eigenvalue weighted by Gasteiger charge is -2.39. The van der Waals surface area contributed by atoms with Gasteiger partial charge in [-0.15, -0.1) is 0 Å². The number of fused-ring (bicyclic) bond motifs is 1. The average molecular weight is 565 g/mol. The Bertz CT molecular complexity index is 1500. The van der Waals surface area contributed by atoms with E-state index in [4.69, 9.17) is 4.43 Å². The maximum absolute atomic E-state index is 14.1. The molecule has 0 aliphatic heterocycles. The van der Waals surface area contributed by atoms with Gasteiger partial charge in [-0.1, -0.05) is 20.8 Å². The summed E-state index contributed by atoms with van der Waals surface area (Å²) < 4.78 is 62.6. The summed E-state index contributed by atoms with van der Waals surface area (Å²) in [7, 11) is -1.25. The Balaban J connectivity index is 1.70. The molecule has 1 aliphatic rings. The minimum Gasteiger partial charge on any atom is -0.401 e. The van der Waals surface area contributed by atoms with Crippen molar-refractivity contribution < 1.29 is 26.8 Å². The molecule has 4 rings (SSSR count). The molecule has 1 saturated carbocycles. The number of amides is 1. The van der Waals surface area contributed by atoms with Crippen LogP contribution < -0.4 is 10.9 Å². The van der Waals surface area contributed by atoms with Gasteiger partial charge in [-0.2, -0.15) is 13.2 Å². The van der Waals surface area contributed by atoms with Gasteiger partial charge in [-0.05, 0) is 49.2 Å². The lowest BCUT2D eigenvalue weighted by Crippen LogP contribution is -2.44. The molecule has 12 heteroatoms. The summed E-state index contributed by atoms with van der Waals surface area (Å²) in [6.45, 7) is 10.7. The summed E-state index contributed by atoms with van der Waals surface area (Å²) in [5.41, 5.74) is 0.871. The smallest absolute Gasteiger partial charge is 0.401 e. The van der Waals surface area contributed by atoms with E-state index in [2.05, 4.69) is 15.3 Å². The molecule has 0 aromatic carbocycles. The molecule has 3 heterocycles. The largest absolute Gasteiger partial charge is 0.419 e. The Morgan fingerprint density at radius 2 is 1.77 bits per heavy atom. The van der Waals surface area contributed by atoms with Gasteiger partial charge in [0.05, 0.1) is 17.1 Å². The van der Waals surface area contributed by atoms with Gasteiger partial charge >= 0.3 is 6.18 Å². The summed E-state index contributed by atoms with van der Waals surface area (Å²) in [5.74, 6) is -0.958. The molecule has 3 atom stereocenters. The van der Waals surface area contributed by atoms with Gasteiger partial charge in [0.2, 0.25) is 5.91 Å². The lowest BCUT2D eigenvalue weighted by molar-refractivity contribution is -0.202. The van der Waals surface area contributed by atoms with E-state index in [1.807, 2.05) is 20.8 Å². The number of aryl methyl sites for hydroxylation is 2. The maximum atomic E-state index is 14.1. The molecule has 1 aliphatic carbocycles. The Kier molecular flexibility index (Phi) is 7.26. The molecule has 3 unspecified atom stereocenters. The van der Waals surface area contributed by atoms with Crippen LogP contribution in [0.2, 0.25) is 18.1 Å². The first-order chi connectivity index (χ1) is 17.9. The van der Waals surface area contributed by atoms with E-state index >= 15 is 0 Å². The maximum Gasteiger partial charge on any atom is 0.419 e. The van der Waals surface area contributed by atoms with Crippen molar-refractivity contribution in [2.24, 2.45) is 13.0 Å². The van der Waals surface area contributed by atoms with Crippen molar-refractivity contribution in [1.82, 2.24) is 14.5 Å². The normalized spacial score (nSPS) is 18.7. The Labute approximate surface area is 224 Å². The van der Waals surface area contributed by atoms with E-state index in [-0.39, 0.29) is 23.5 Å². The van der Waals surface area contributed by atoms with E-state index in [0.717, 1.165) is 0 Å². The number of hydrogen-bond donors (Lipinski definition) is 1. The zero-order valence-corrected chi connectivity index (χ0v) is 23.9. The fraction of sp³-hybridized carbons (Fsp3) is 0.481. The van der Waals surface area contributed by atoms with Crippen LogP contribution in [-0.4, -0.2) is 41.1 Å². The summed E-state index contributed by atoms with van der Waals surface area (Å²) >= 11 is 0. The van der Waals surface area contributed by atoms with Gasteiger partial charge in [-0.3, -0.25) is 14.6 Å². The molecule has 1 fully saturated rings. The number of pyridine rings is 3. The van der Waals surface area contributed by atoms with E-state index in [9.17, 15) is 27.2 Å². The second-order valence-electron chi connectivity index (χ2n) is 11.6. The van der Waals surface area contributed by atoms with Crippen molar-refractivity contribution in [3.05, 3.63) is 52.2 Å². The average Bonchev–Trinajstić information content (AvgIpc) is 3.55. The molecule has 3 aromatic rings. The van der Waals surface area contributed by atoms with E-state index in [1.165, 1.54) is 29.1 Å². The van der Waals surface area contributed by atoms with E-state index in [1.54, 1.807) is 33.1 Å². The highest BCUT2D eigenvalue weighted by Gasteiger charge is 2.49. The van der Waals surface area contributed by atoms with Crippen LogP contribution in [-0.2, 0) is 16.3 Å². The number of nitrogens with zero attached hydrogens (tertiary/aromatic N) is 3. The zero-order chi connectivity index (χ0) is 29.1. The molecule has 0 spiro atoms. The van der Waals surface area contributed by atoms with Crippen LogP contribution in [0.1, 0.15) is 44.6 Å². The van der Waals surface area contributed by atoms with Gasteiger partial charge in [0.25, 0.3) is 5.56 Å². The minimum atomic E-state index is -4.67.